The van der Waals surface area contributed by atoms with E-state index in [4.69, 9.17) is 11.6 Å². The Bertz CT molecular complexity index is 2100. The van der Waals surface area contributed by atoms with Crippen molar-refractivity contribution in [3.63, 3.8) is 0 Å². The largest absolute Gasteiger partial charge is 0.417 e. The van der Waals surface area contributed by atoms with E-state index < -0.39 is 76.0 Å². The number of carbonyl (C=O) groups excluding carboxylic acids is 3. The third-order valence-electron chi connectivity index (χ3n) is 9.05. The normalized spacial score (nSPS) is 19.4. The van der Waals surface area contributed by atoms with E-state index >= 15 is 0 Å². The summed E-state index contributed by atoms with van der Waals surface area (Å²) in [5.41, 5.74) is -2.74. The van der Waals surface area contributed by atoms with Gasteiger partial charge in [-0.3, -0.25) is 19.4 Å². The molecular formula is C38H28ClF6N3O3. The fourth-order valence-corrected chi connectivity index (χ4v) is 6.82. The molecule has 4 aromatic carbocycles. The van der Waals surface area contributed by atoms with Gasteiger partial charge in [0.25, 0.3) is 5.91 Å². The first-order valence-corrected chi connectivity index (χ1v) is 16.1. The number of nitrogens with zero attached hydrogens (tertiary/aromatic N) is 1. The minimum Gasteiger partial charge on any atom is -0.348 e. The van der Waals surface area contributed by atoms with Gasteiger partial charge in [-0.1, -0.05) is 78.3 Å². The van der Waals surface area contributed by atoms with E-state index in [0.717, 1.165) is 36.4 Å². The molecular weight excluding hydrogens is 696 g/mol. The third-order valence-corrected chi connectivity index (χ3v) is 9.30. The summed E-state index contributed by atoms with van der Waals surface area (Å²) in [5, 5.41) is 6.62. The number of benzene rings is 4. The first kappa shape index (κ1) is 35.7. The number of aromatic nitrogens is 1. The summed E-state index contributed by atoms with van der Waals surface area (Å²) < 4.78 is 85.4. The Balaban J connectivity index is 1.52. The molecule has 1 amide bonds. The maximum atomic E-state index is 14.6. The maximum absolute atomic E-state index is 14.6. The van der Waals surface area contributed by atoms with Crippen molar-refractivity contribution in [2.24, 2.45) is 11.8 Å². The van der Waals surface area contributed by atoms with Crippen LogP contribution in [0.4, 0.5) is 26.3 Å². The molecule has 1 saturated heterocycles. The molecule has 0 saturated carbocycles. The lowest BCUT2D eigenvalue weighted by Gasteiger charge is -2.43. The zero-order chi connectivity index (χ0) is 36.5. The Morgan fingerprint density at radius 3 is 1.92 bits per heavy atom. The maximum Gasteiger partial charge on any atom is 0.417 e. The molecule has 1 fully saturated rings. The molecule has 1 aromatic heterocycles. The third kappa shape index (κ3) is 7.52. The van der Waals surface area contributed by atoms with Crippen molar-refractivity contribution < 1.29 is 40.7 Å². The number of para-hydroxylation sites is 1. The molecule has 0 spiro atoms. The standard InChI is InChI=1S/C38H28ClF6N3O3/c39-22-15-13-21(14-16-22)19-31-32(35(50)26-9-2-5-11-29(26)38(43,44)45)33(48-36(51)24-17-18-46-30-12-6-3-7-23(24)30)27(20-47-31)34(49)25-8-1-4-10-28(25)37(40,41)42/h1-18,27,31-33,47H,19-20H2,(H,48,51)/t27?,31-,32?,33+/m1/s1. The summed E-state index contributed by atoms with van der Waals surface area (Å²) in [5.74, 6) is -5.98. The number of Topliss-reactive ketones (excluding diaryl/α,β-unsaturated/α-hetero) is 2. The predicted octanol–water partition coefficient (Wildman–Crippen LogP) is 8.24. The molecule has 2 N–H and O–H groups in total. The van der Waals surface area contributed by atoms with Crippen molar-refractivity contribution in [3.8, 4) is 0 Å². The molecule has 13 heteroatoms. The van der Waals surface area contributed by atoms with Crippen LogP contribution < -0.4 is 10.6 Å². The average Bonchev–Trinajstić information content (AvgIpc) is 3.11. The second-order valence-electron chi connectivity index (χ2n) is 12.2. The Morgan fingerprint density at radius 1 is 0.725 bits per heavy atom. The number of alkyl halides is 6. The molecule has 0 radical (unpaired) electrons. The summed E-state index contributed by atoms with van der Waals surface area (Å²) in [4.78, 5) is 47.2. The molecule has 5 aromatic rings. The van der Waals surface area contributed by atoms with Crippen molar-refractivity contribution in [2.75, 3.05) is 6.54 Å². The Hall–Kier alpha value is -5.07. The van der Waals surface area contributed by atoms with E-state index in [1.54, 1.807) is 48.5 Å². The number of hydrogen-bond acceptors (Lipinski definition) is 5. The van der Waals surface area contributed by atoms with E-state index in [2.05, 4.69) is 15.6 Å². The van der Waals surface area contributed by atoms with Gasteiger partial charge in [0.15, 0.2) is 11.6 Å². The zero-order valence-corrected chi connectivity index (χ0v) is 27.2. The molecule has 2 unspecified atom stereocenters. The number of piperidine rings is 1. The molecule has 1 aliphatic heterocycles. The van der Waals surface area contributed by atoms with Gasteiger partial charge in [0, 0.05) is 40.3 Å². The van der Waals surface area contributed by atoms with Crippen LogP contribution in [0.1, 0.15) is 47.8 Å². The molecule has 0 aliphatic carbocycles. The SMILES string of the molecule is O=C(N[C@H]1C(C(=O)c2ccccc2C(F)(F)F)CN[C@H](Cc2ccc(Cl)cc2)C1C(=O)c1ccccc1C(F)(F)F)c1ccnc2ccccc12. The lowest BCUT2D eigenvalue weighted by atomic mass is 9.71. The highest BCUT2D eigenvalue weighted by Crippen LogP contribution is 2.38. The highest BCUT2D eigenvalue weighted by atomic mass is 35.5. The number of carbonyl (C=O) groups is 3. The van der Waals surface area contributed by atoms with E-state index in [9.17, 15) is 40.7 Å². The fraction of sp³-hybridized carbons (Fsp3) is 0.211. The van der Waals surface area contributed by atoms with Crippen molar-refractivity contribution in [2.45, 2.75) is 30.9 Å². The highest BCUT2D eigenvalue weighted by molar-refractivity contribution is 6.30. The molecule has 262 valence electrons. The first-order chi connectivity index (χ1) is 24.2. The van der Waals surface area contributed by atoms with Crippen LogP contribution in [0.25, 0.3) is 10.9 Å². The number of hydrogen-bond donors (Lipinski definition) is 2. The number of halogens is 7. The smallest absolute Gasteiger partial charge is 0.348 e. The van der Waals surface area contributed by atoms with Gasteiger partial charge in [-0.25, -0.2) is 0 Å². The molecule has 2 heterocycles. The number of amides is 1. The predicted molar refractivity (Wildman–Crippen MR) is 178 cm³/mol. The average molecular weight is 724 g/mol. The number of fused-ring (bicyclic) bond motifs is 1. The van der Waals surface area contributed by atoms with Crippen LogP contribution in [0.3, 0.4) is 0 Å². The van der Waals surface area contributed by atoms with Crippen LogP contribution in [0, 0.1) is 11.8 Å². The van der Waals surface area contributed by atoms with Gasteiger partial charge in [0.05, 0.1) is 40.1 Å². The van der Waals surface area contributed by atoms with Gasteiger partial charge in [0.2, 0.25) is 0 Å². The van der Waals surface area contributed by atoms with Crippen LogP contribution in [-0.4, -0.2) is 41.1 Å². The van der Waals surface area contributed by atoms with E-state index in [1.165, 1.54) is 24.4 Å². The number of rotatable bonds is 8. The van der Waals surface area contributed by atoms with Gasteiger partial charge in [-0.2, -0.15) is 26.3 Å². The Kier molecular flexibility index (Phi) is 10.0. The van der Waals surface area contributed by atoms with Crippen molar-refractivity contribution in [1.29, 1.82) is 0 Å². The molecule has 51 heavy (non-hydrogen) atoms. The fourth-order valence-electron chi connectivity index (χ4n) is 6.69. The van der Waals surface area contributed by atoms with Gasteiger partial charge < -0.3 is 10.6 Å². The summed E-state index contributed by atoms with van der Waals surface area (Å²) in [6, 6.07) is 20.2. The molecule has 0 bridgehead atoms. The molecule has 4 atom stereocenters. The molecule has 6 nitrogen and oxygen atoms in total. The highest BCUT2D eigenvalue weighted by Gasteiger charge is 2.49. The summed E-state index contributed by atoms with van der Waals surface area (Å²) in [6.45, 7) is -0.310. The van der Waals surface area contributed by atoms with Crippen molar-refractivity contribution in [1.82, 2.24) is 15.6 Å². The summed E-state index contributed by atoms with van der Waals surface area (Å²) >= 11 is 6.07. The monoisotopic (exact) mass is 723 g/mol. The van der Waals surface area contributed by atoms with Crippen LogP contribution in [0.2, 0.25) is 5.02 Å². The van der Waals surface area contributed by atoms with Crippen LogP contribution in [-0.2, 0) is 18.8 Å². The number of pyridine rings is 1. The second kappa shape index (κ2) is 14.3. The molecule has 1 aliphatic rings. The zero-order valence-electron chi connectivity index (χ0n) is 26.4. The quantitative estimate of drug-likeness (QED) is 0.124. The summed E-state index contributed by atoms with van der Waals surface area (Å²) in [6.07, 6.45) is -8.48. The first-order valence-electron chi connectivity index (χ1n) is 15.8. The summed E-state index contributed by atoms with van der Waals surface area (Å²) in [7, 11) is 0. The lowest BCUT2D eigenvalue weighted by molar-refractivity contribution is -0.138. The van der Waals surface area contributed by atoms with Gasteiger partial charge in [-0.15, -0.1) is 0 Å². The Labute approximate surface area is 292 Å². The van der Waals surface area contributed by atoms with Gasteiger partial charge in [-0.05, 0) is 48.4 Å². The van der Waals surface area contributed by atoms with E-state index in [0.29, 0.717) is 21.5 Å². The minimum absolute atomic E-state index is 0.0341. The van der Waals surface area contributed by atoms with Gasteiger partial charge in [0.1, 0.15) is 0 Å². The number of ketones is 2. The lowest BCUT2D eigenvalue weighted by Crippen LogP contribution is -2.64. The topological polar surface area (TPSA) is 88.2 Å². The van der Waals surface area contributed by atoms with E-state index in [-0.39, 0.29) is 18.5 Å². The second-order valence-corrected chi connectivity index (χ2v) is 12.6. The van der Waals surface area contributed by atoms with Crippen LogP contribution >= 0.6 is 11.6 Å². The van der Waals surface area contributed by atoms with Crippen LogP contribution in [0.5, 0.6) is 0 Å². The van der Waals surface area contributed by atoms with Crippen molar-refractivity contribution >= 4 is 40.0 Å². The van der Waals surface area contributed by atoms with E-state index in [1.807, 2.05) is 0 Å². The number of nitrogens with one attached hydrogen (secondary N) is 2. The minimum atomic E-state index is -4.95. The van der Waals surface area contributed by atoms with Gasteiger partial charge >= 0.3 is 12.4 Å². The van der Waals surface area contributed by atoms with Crippen LogP contribution in [0.15, 0.2) is 109 Å². The molecule has 6 rings (SSSR count). The Morgan fingerprint density at radius 2 is 1.29 bits per heavy atom. The van der Waals surface area contributed by atoms with Crippen molar-refractivity contribution in [3.05, 3.63) is 148 Å².